The van der Waals surface area contributed by atoms with Gasteiger partial charge in [-0.3, -0.25) is 9.69 Å². The quantitative estimate of drug-likeness (QED) is 0.941. The van der Waals surface area contributed by atoms with E-state index in [1.807, 2.05) is 11.3 Å². The Labute approximate surface area is 127 Å². The minimum atomic E-state index is -0.198. The molecular weight excluding hydrogens is 286 g/mol. The van der Waals surface area contributed by atoms with Gasteiger partial charge >= 0.3 is 0 Å². The summed E-state index contributed by atoms with van der Waals surface area (Å²) < 4.78 is 4.97. The molecule has 112 valence electrons. The third kappa shape index (κ3) is 3.16. The fourth-order valence-electron chi connectivity index (χ4n) is 2.57. The molecule has 1 amide bonds. The van der Waals surface area contributed by atoms with Gasteiger partial charge in [0.05, 0.1) is 5.69 Å². The van der Waals surface area contributed by atoms with Crippen LogP contribution in [0.25, 0.3) is 0 Å². The van der Waals surface area contributed by atoms with Gasteiger partial charge in [-0.15, -0.1) is 11.3 Å². The van der Waals surface area contributed by atoms with E-state index in [1.165, 1.54) is 10.4 Å². The number of carbonyl (C=O) groups excluding carboxylic acids is 1. The van der Waals surface area contributed by atoms with Crippen LogP contribution in [-0.4, -0.2) is 35.1 Å². The highest BCUT2D eigenvalue weighted by Gasteiger charge is 2.22. The Morgan fingerprint density at radius 3 is 3.24 bits per heavy atom. The highest BCUT2D eigenvalue weighted by atomic mass is 32.1. The second-order valence-electron chi connectivity index (χ2n) is 5.48. The topological polar surface area (TPSA) is 58.4 Å². The Balaban J connectivity index is 1.53. The maximum Gasteiger partial charge on any atom is 0.289 e. The number of aryl methyl sites for hydroxylation is 1. The highest BCUT2D eigenvalue weighted by molar-refractivity contribution is 7.10. The summed E-state index contributed by atoms with van der Waals surface area (Å²) in [4.78, 5) is 15.8. The van der Waals surface area contributed by atoms with Crippen LogP contribution in [0.2, 0.25) is 0 Å². The van der Waals surface area contributed by atoms with Gasteiger partial charge in [0.2, 0.25) is 5.76 Å². The van der Waals surface area contributed by atoms with Gasteiger partial charge in [0.25, 0.3) is 5.91 Å². The minimum absolute atomic E-state index is 0.198. The number of hydrogen-bond donors (Lipinski definition) is 1. The predicted molar refractivity (Wildman–Crippen MR) is 81.5 cm³/mol. The average Bonchev–Trinajstić information content (AvgIpc) is 3.12. The van der Waals surface area contributed by atoms with E-state index in [9.17, 15) is 4.79 Å². The molecule has 5 nitrogen and oxygen atoms in total. The van der Waals surface area contributed by atoms with Gasteiger partial charge in [0.1, 0.15) is 0 Å². The molecule has 1 aliphatic heterocycles. The van der Waals surface area contributed by atoms with Crippen molar-refractivity contribution in [3.05, 3.63) is 39.4 Å². The maximum absolute atomic E-state index is 11.9. The highest BCUT2D eigenvalue weighted by Crippen LogP contribution is 2.24. The van der Waals surface area contributed by atoms with Crippen LogP contribution < -0.4 is 5.32 Å². The number of hydrogen-bond acceptors (Lipinski definition) is 5. The fraction of sp³-hybridized carbons (Fsp3) is 0.467. The van der Waals surface area contributed by atoms with Crippen LogP contribution >= 0.6 is 11.3 Å². The first kappa shape index (κ1) is 14.3. The molecule has 0 saturated carbocycles. The van der Waals surface area contributed by atoms with E-state index in [2.05, 4.69) is 33.7 Å². The lowest BCUT2D eigenvalue weighted by atomic mass is 10.1. The first-order valence-corrected chi connectivity index (χ1v) is 8.02. The number of fused-ring (bicyclic) bond motifs is 1. The molecule has 0 saturated heterocycles. The Hall–Kier alpha value is -1.66. The minimum Gasteiger partial charge on any atom is -0.351 e. The summed E-state index contributed by atoms with van der Waals surface area (Å²) in [5.41, 5.74) is 2.14. The first-order chi connectivity index (χ1) is 10.1. The Morgan fingerprint density at radius 1 is 1.62 bits per heavy atom. The molecule has 3 heterocycles. The van der Waals surface area contributed by atoms with Crippen molar-refractivity contribution in [2.45, 2.75) is 32.9 Å². The normalized spacial score (nSPS) is 16.5. The second kappa shape index (κ2) is 5.99. The van der Waals surface area contributed by atoms with E-state index in [-0.39, 0.29) is 11.7 Å². The summed E-state index contributed by atoms with van der Waals surface area (Å²) in [6.45, 7) is 6.57. The summed E-state index contributed by atoms with van der Waals surface area (Å²) in [6, 6.07) is 4.15. The Kier molecular flexibility index (Phi) is 4.07. The number of nitrogens with zero attached hydrogens (tertiary/aromatic N) is 2. The standard InChI is InChI=1S/C15H19N3O2S/c1-10-7-13(20-17-10)15(19)16-8-11(2)18-5-3-14-12(9-18)4-6-21-14/h4,6-7,11H,3,5,8-9H2,1-2H3,(H,16,19). The van der Waals surface area contributed by atoms with Gasteiger partial charge in [-0.2, -0.15) is 0 Å². The second-order valence-corrected chi connectivity index (χ2v) is 6.48. The zero-order valence-electron chi connectivity index (χ0n) is 12.3. The summed E-state index contributed by atoms with van der Waals surface area (Å²) in [6.07, 6.45) is 1.10. The molecule has 0 fully saturated rings. The van der Waals surface area contributed by atoms with Crippen LogP contribution in [0.15, 0.2) is 22.0 Å². The maximum atomic E-state index is 11.9. The summed E-state index contributed by atoms with van der Waals surface area (Å²) in [5, 5.41) is 8.80. The molecule has 1 unspecified atom stereocenters. The molecule has 6 heteroatoms. The van der Waals surface area contributed by atoms with Gasteiger partial charge < -0.3 is 9.84 Å². The number of rotatable bonds is 4. The van der Waals surface area contributed by atoms with E-state index >= 15 is 0 Å². The molecular formula is C15H19N3O2S. The van der Waals surface area contributed by atoms with Crippen molar-refractivity contribution in [1.29, 1.82) is 0 Å². The molecule has 1 N–H and O–H groups in total. The van der Waals surface area contributed by atoms with Crippen LogP contribution in [0.1, 0.15) is 33.6 Å². The monoisotopic (exact) mass is 305 g/mol. The van der Waals surface area contributed by atoms with Gasteiger partial charge in [0, 0.05) is 36.6 Å². The van der Waals surface area contributed by atoms with Crippen LogP contribution in [0.5, 0.6) is 0 Å². The van der Waals surface area contributed by atoms with E-state index in [4.69, 9.17) is 4.52 Å². The molecule has 1 aliphatic rings. The number of carbonyl (C=O) groups is 1. The van der Waals surface area contributed by atoms with Gasteiger partial charge in [-0.25, -0.2) is 0 Å². The summed E-state index contributed by atoms with van der Waals surface area (Å²) >= 11 is 1.84. The average molecular weight is 305 g/mol. The lowest BCUT2D eigenvalue weighted by molar-refractivity contribution is 0.0896. The van der Waals surface area contributed by atoms with Crippen LogP contribution in [0.3, 0.4) is 0 Å². The molecule has 2 aromatic rings. The van der Waals surface area contributed by atoms with Crippen molar-refractivity contribution in [3.63, 3.8) is 0 Å². The lowest BCUT2D eigenvalue weighted by Crippen LogP contribution is -2.44. The molecule has 1 atom stereocenters. The largest absolute Gasteiger partial charge is 0.351 e. The molecule has 0 bridgehead atoms. The third-order valence-corrected chi connectivity index (χ3v) is 4.89. The van der Waals surface area contributed by atoms with Crippen molar-refractivity contribution in [3.8, 4) is 0 Å². The van der Waals surface area contributed by atoms with Crippen molar-refractivity contribution >= 4 is 17.2 Å². The van der Waals surface area contributed by atoms with E-state index < -0.39 is 0 Å². The van der Waals surface area contributed by atoms with E-state index in [0.29, 0.717) is 18.3 Å². The number of thiophene rings is 1. The lowest BCUT2D eigenvalue weighted by Gasteiger charge is -2.32. The Morgan fingerprint density at radius 2 is 2.48 bits per heavy atom. The predicted octanol–water partition coefficient (Wildman–Crippen LogP) is 2.22. The summed E-state index contributed by atoms with van der Waals surface area (Å²) in [5.74, 6) is 0.0779. The molecule has 0 aromatic carbocycles. The van der Waals surface area contributed by atoms with Gasteiger partial charge in [0.15, 0.2) is 0 Å². The summed E-state index contributed by atoms with van der Waals surface area (Å²) in [7, 11) is 0. The van der Waals surface area contributed by atoms with Gasteiger partial charge in [-0.05, 0) is 37.3 Å². The van der Waals surface area contributed by atoms with Crippen molar-refractivity contribution in [2.24, 2.45) is 0 Å². The zero-order chi connectivity index (χ0) is 14.8. The van der Waals surface area contributed by atoms with Crippen LogP contribution in [-0.2, 0) is 13.0 Å². The van der Waals surface area contributed by atoms with Crippen LogP contribution in [0, 0.1) is 6.92 Å². The van der Waals surface area contributed by atoms with Crippen LogP contribution in [0.4, 0.5) is 0 Å². The zero-order valence-corrected chi connectivity index (χ0v) is 13.1. The Bertz CT molecular complexity index is 634. The molecule has 21 heavy (non-hydrogen) atoms. The molecule has 0 aliphatic carbocycles. The fourth-order valence-corrected chi connectivity index (χ4v) is 3.46. The third-order valence-electron chi connectivity index (χ3n) is 3.87. The van der Waals surface area contributed by atoms with E-state index in [0.717, 1.165) is 19.5 Å². The number of amides is 1. The van der Waals surface area contributed by atoms with Gasteiger partial charge in [-0.1, -0.05) is 5.16 Å². The number of aromatic nitrogens is 1. The number of nitrogens with one attached hydrogen (secondary N) is 1. The van der Waals surface area contributed by atoms with Crippen molar-refractivity contribution in [2.75, 3.05) is 13.1 Å². The molecule has 0 spiro atoms. The van der Waals surface area contributed by atoms with Crippen molar-refractivity contribution < 1.29 is 9.32 Å². The SMILES string of the molecule is Cc1cc(C(=O)NCC(C)N2CCc3sccc3C2)on1. The molecule has 0 radical (unpaired) electrons. The van der Waals surface area contributed by atoms with E-state index in [1.54, 1.807) is 13.0 Å². The first-order valence-electron chi connectivity index (χ1n) is 7.14. The molecule has 3 rings (SSSR count). The molecule has 2 aromatic heterocycles. The smallest absolute Gasteiger partial charge is 0.289 e. The van der Waals surface area contributed by atoms with Crippen molar-refractivity contribution in [1.82, 2.24) is 15.4 Å².